The SMILES string of the molecule is Cc1ccc(S(=O)(=O)c2nc3ccccc3nc2NC2CCCCC2)cc1. The molecule has 1 aromatic heterocycles. The lowest BCUT2D eigenvalue weighted by Gasteiger charge is -2.24. The van der Waals surface area contributed by atoms with Crippen LogP contribution in [0.2, 0.25) is 0 Å². The van der Waals surface area contributed by atoms with Crippen molar-refractivity contribution in [3.63, 3.8) is 0 Å². The Morgan fingerprint density at radius 2 is 1.52 bits per heavy atom. The maximum absolute atomic E-state index is 13.3. The van der Waals surface area contributed by atoms with Gasteiger partial charge in [-0.25, -0.2) is 18.4 Å². The van der Waals surface area contributed by atoms with E-state index in [1.54, 1.807) is 30.3 Å². The molecule has 0 radical (unpaired) electrons. The summed E-state index contributed by atoms with van der Waals surface area (Å²) in [6.07, 6.45) is 5.59. The second kappa shape index (κ2) is 7.27. The Bertz CT molecular complexity index is 1060. The monoisotopic (exact) mass is 381 g/mol. The van der Waals surface area contributed by atoms with E-state index < -0.39 is 9.84 Å². The van der Waals surface area contributed by atoms with Crippen molar-refractivity contribution < 1.29 is 8.42 Å². The molecule has 1 fully saturated rings. The summed E-state index contributed by atoms with van der Waals surface area (Å²) in [5, 5.41) is 3.39. The van der Waals surface area contributed by atoms with E-state index in [4.69, 9.17) is 0 Å². The Balaban J connectivity index is 1.83. The molecule has 0 bridgehead atoms. The molecule has 1 heterocycles. The molecular formula is C21H23N3O2S. The molecule has 0 atom stereocenters. The lowest BCUT2D eigenvalue weighted by Crippen LogP contribution is -2.24. The third kappa shape index (κ3) is 3.67. The fourth-order valence-electron chi connectivity index (χ4n) is 3.53. The van der Waals surface area contributed by atoms with Crippen molar-refractivity contribution in [2.75, 3.05) is 5.32 Å². The number of hydrogen-bond donors (Lipinski definition) is 1. The molecule has 6 heteroatoms. The minimum Gasteiger partial charge on any atom is -0.365 e. The number of aryl methyl sites for hydroxylation is 1. The van der Waals surface area contributed by atoms with Gasteiger partial charge in [0.2, 0.25) is 14.9 Å². The number of sulfone groups is 1. The van der Waals surface area contributed by atoms with Gasteiger partial charge in [0.25, 0.3) is 0 Å². The molecule has 27 heavy (non-hydrogen) atoms. The minimum atomic E-state index is -3.76. The number of hydrogen-bond acceptors (Lipinski definition) is 5. The first kappa shape index (κ1) is 17.9. The lowest BCUT2D eigenvalue weighted by atomic mass is 9.95. The molecule has 0 spiro atoms. The highest BCUT2D eigenvalue weighted by molar-refractivity contribution is 7.91. The Labute approximate surface area is 159 Å². The van der Waals surface area contributed by atoms with Gasteiger partial charge in [-0.3, -0.25) is 0 Å². The van der Waals surface area contributed by atoms with Gasteiger partial charge in [0, 0.05) is 6.04 Å². The molecule has 1 N–H and O–H groups in total. The largest absolute Gasteiger partial charge is 0.365 e. The molecule has 1 aliphatic rings. The van der Waals surface area contributed by atoms with Crippen LogP contribution in [0.4, 0.5) is 5.82 Å². The average Bonchev–Trinajstić information content (AvgIpc) is 2.68. The van der Waals surface area contributed by atoms with Crippen LogP contribution in [0.25, 0.3) is 11.0 Å². The number of benzene rings is 2. The fourth-order valence-corrected chi connectivity index (χ4v) is 4.83. The van der Waals surface area contributed by atoms with Crippen LogP contribution in [-0.4, -0.2) is 24.4 Å². The van der Waals surface area contributed by atoms with Crippen molar-refractivity contribution in [2.24, 2.45) is 0 Å². The second-order valence-corrected chi connectivity index (χ2v) is 9.03. The molecule has 0 saturated heterocycles. The maximum Gasteiger partial charge on any atom is 0.227 e. The van der Waals surface area contributed by atoms with Crippen LogP contribution < -0.4 is 5.32 Å². The van der Waals surface area contributed by atoms with Gasteiger partial charge in [0.05, 0.1) is 15.9 Å². The Hall–Kier alpha value is -2.47. The molecular weight excluding hydrogens is 358 g/mol. The van der Waals surface area contributed by atoms with Crippen molar-refractivity contribution in [3.05, 3.63) is 54.1 Å². The molecule has 0 amide bonds. The minimum absolute atomic E-state index is 0.00984. The molecule has 5 nitrogen and oxygen atoms in total. The first-order valence-electron chi connectivity index (χ1n) is 9.39. The number of rotatable bonds is 4. The van der Waals surface area contributed by atoms with E-state index in [1.165, 1.54) is 6.42 Å². The van der Waals surface area contributed by atoms with Crippen molar-refractivity contribution in [3.8, 4) is 0 Å². The van der Waals surface area contributed by atoms with E-state index in [-0.39, 0.29) is 16.0 Å². The lowest BCUT2D eigenvalue weighted by molar-refractivity contribution is 0.461. The molecule has 0 unspecified atom stereocenters. The van der Waals surface area contributed by atoms with Crippen molar-refractivity contribution in [1.82, 2.24) is 9.97 Å². The van der Waals surface area contributed by atoms with E-state index >= 15 is 0 Å². The van der Waals surface area contributed by atoms with E-state index in [1.807, 2.05) is 25.1 Å². The quantitative estimate of drug-likeness (QED) is 0.719. The summed E-state index contributed by atoms with van der Waals surface area (Å²) in [5.41, 5.74) is 2.29. The van der Waals surface area contributed by atoms with Gasteiger partial charge in [-0.05, 0) is 44.0 Å². The van der Waals surface area contributed by atoms with Gasteiger partial charge >= 0.3 is 0 Å². The fraction of sp³-hybridized carbons (Fsp3) is 0.333. The average molecular weight is 382 g/mol. The zero-order valence-electron chi connectivity index (χ0n) is 15.4. The van der Waals surface area contributed by atoms with Gasteiger partial charge < -0.3 is 5.32 Å². The van der Waals surface area contributed by atoms with Gasteiger partial charge in [0.1, 0.15) is 0 Å². The van der Waals surface area contributed by atoms with Gasteiger partial charge in [-0.15, -0.1) is 0 Å². The molecule has 4 rings (SSSR count). The zero-order chi connectivity index (χ0) is 18.9. The standard InChI is InChI=1S/C21H23N3O2S/c1-15-11-13-17(14-12-15)27(25,26)21-20(22-16-7-3-2-4-8-16)23-18-9-5-6-10-19(18)24-21/h5-6,9-14,16H,2-4,7-8H2,1H3,(H,22,23). The smallest absolute Gasteiger partial charge is 0.227 e. The summed E-state index contributed by atoms with van der Waals surface area (Å²) in [7, 11) is -3.76. The number of fused-ring (bicyclic) bond motifs is 1. The number of aromatic nitrogens is 2. The summed E-state index contributed by atoms with van der Waals surface area (Å²) in [6.45, 7) is 1.93. The topological polar surface area (TPSA) is 72.0 Å². The maximum atomic E-state index is 13.3. The third-order valence-electron chi connectivity index (χ3n) is 5.07. The Morgan fingerprint density at radius 1 is 0.889 bits per heavy atom. The van der Waals surface area contributed by atoms with E-state index in [9.17, 15) is 8.42 Å². The third-order valence-corrected chi connectivity index (χ3v) is 6.76. The number of para-hydroxylation sites is 2. The predicted octanol–water partition coefficient (Wildman–Crippen LogP) is 4.52. The van der Waals surface area contributed by atoms with Crippen LogP contribution in [0.15, 0.2) is 58.5 Å². The number of anilines is 1. The number of nitrogens with one attached hydrogen (secondary N) is 1. The predicted molar refractivity (Wildman–Crippen MR) is 107 cm³/mol. The molecule has 140 valence electrons. The van der Waals surface area contributed by atoms with Crippen LogP contribution in [0, 0.1) is 6.92 Å². The first-order chi connectivity index (χ1) is 13.0. The van der Waals surface area contributed by atoms with E-state index in [2.05, 4.69) is 15.3 Å². The Kier molecular flexibility index (Phi) is 4.83. The highest BCUT2D eigenvalue weighted by atomic mass is 32.2. The highest BCUT2D eigenvalue weighted by Gasteiger charge is 2.27. The summed E-state index contributed by atoms with van der Waals surface area (Å²) in [5.74, 6) is 0.362. The van der Waals surface area contributed by atoms with Gasteiger partial charge in [-0.1, -0.05) is 49.1 Å². The zero-order valence-corrected chi connectivity index (χ0v) is 16.2. The van der Waals surface area contributed by atoms with E-state index in [0.29, 0.717) is 16.9 Å². The van der Waals surface area contributed by atoms with Gasteiger partial charge in [0.15, 0.2) is 5.82 Å². The van der Waals surface area contributed by atoms with Crippen molar-refractivity contribution in [1.29, 1.82) is 0 Å². The molecule has 1 saturated carbocycles. The molecule has 3 aromatic rings. The van der Waals surface area contributed by atoms with Crippen molar-refractivity contribution in [2.45, 2.75) is 55.0 Å². The Morgan fingerprint density at radius 3 is 2.19 bits per heavy atom. The van der Waals surface area contributed by atoms with Gasteiger partial charge in [-0.2, -0.15) is 0 Å². The molecule has 0 aliphatic heterocycles. The van der Waals surface area contributed by atoms with Crippen LogP contribution in [0.3, 0.4) is 0 Å². The first-order valence-corrected chi connectivity index (χ1v) is 10.9. The molecule has 1 aliphatic carbocycles. The summed E-state index contributed by atoms with van der Waals surface area (Å²) >= 11 is 0. The number of nitrogens with zero attached hydrogens (tertiary/aromatic N) is 2. The summed E-state index contributed by atoms with van der Waals surface area (Å²) in [4.78, 5) is 9.36. The molecule has 2 aromatic carbocycles. The highest BCUT2D eigenvalue weighted by Crippen LogP contribution is 2.29. The van der Waals surface area contributed by atoms with E-state index in [0.717, 1.165) is 31.2 Å². The summed E-state index contributed by atoms with van der Waals surface area (Å²) < 4.78 is 26.6. The van der Waals surface area contributed by atoms with Crippen molar-refractivity contribution >= 4 is 26.7 Å². The second-order valence-electron chi connectivity index (χ2n) is 7.16. The van der Waals surface area contributed by atoms with Crippen LogP contribution in [-0.2, 0) is 9.84 Å². The van der Waals surface area contributed by atoms with Crippen LogP contribution in [0.1, 0.15) is 37.7 Å². The summed E-state index contributed by atoms with van der Waals surface area (Å²) in [6, 6.07) is 14.5. The normalized spacial score (nSPS) is 15.7. The van der Waals surface area contributed by atoms with Crippen LogP contribution in [0.5, 0.6) is 0 Å². The van der Waals surface area contributed by atoms with Crippen LogP contribution >= 0.6 is 0 Å².